The van der Waals surface area contributed by atoms with Gasteiger partial charge in [0.05, 0.1) is 19.4 Å². The zero-order valence-electron chi connectivity index (χ0n) is 14.2. The molecule has 1 saturated heterocycles. The molecule has 0 amide bonds. The number of benzene rings is 1. The van der Waals surface area contributed by atoms with Crippen molar-refractivity contribution < 1.29 is 14.6 Å². The van der Waals surface area contributed by atoms with Crippen molar-refractivity contribution in [2.75, 3.05) is 13.2 Å². The summed E-state index contributed by atoms with van der Waals surface area (Å²) in [6, 6.07) is 11.4. The third kappa shape index (κ3) is 3.46. The fraction of sp³-hybridized carbons (Fsp3) is 0.238. The Morgan fingerprint density at radius 3 is 2.81 bits per heavy atom. The van der Waals surface area contributed by atoms with Crippen LogP contribution in [-0.4, -0.2) is 33.9 Å². The average Bonchev–Trinajstić information content (AvgIpc) is 2.68. The van der Waals surface area contributed by atoms with Crippen molar-refractivity contribution in [2.24, 2.45) is 0 Å². The lowest BCUT2D eigenvalue weighted by molar-refractivity contribution is -0.0106. The highest BCUT2D eigenvalue weighted by molar-refractivity contribution is 5.84. The standard InChI is InChI=1S/C21H18N2O3/c24-18-13-16(14-22-15-18)6-7-21(8-11-25-12-9-21)26-19-5-1-3-17-4-2-10-23-20(17)19/h1-5,10,13-15,24H,8-9,11-12H2. The van der Waals surface area contributed by atoms with Gasteiger partial charge < -0.3 is 14.6 Å². The second-order valence-corrected chi connectivity index (χ2v) is 6.22. The van der Waals surface area contributed by atoms with Gasteiger partial charge in [-0.25, -0.2) is 0 Å². The first-order valence-corrected chi connectivity index (χ1v) is 8.52. The molecular weight excluding hydrogens is 328 g/mol. The molecule has 1 N–H and O–H groups in total. The minimum absolute atomic E-state index is 0.0944. The number of hydrogen-bond acceptors (Lipinski definition) is 5. The molecule has 0 atom stereocenters. The van der Waals surface area contributed by atoms with Crippen LogP contribution in [0.3, 0.4) is 0 Å². The number of para-hydroxylation sites is 1. The topological polar surface area (TPSA) is 64.5 Å². The van der Waals surface area contributed by atoms with Crippen LogP contribution in [0.4, 0.5) is 0 Å². The van der Waals surface area contributed by atoms with Crippen LogP contribution in [0, 0.1) is 11.8 Å². The van der Waals surface area contributed by atoms with E-state index in [0.29, 0.717) is 37.4 Å². The molecule has 5 nitrogen and oxygen atoms in total. The van der Waals surface area contributed by atoms with Gasteiger partial charge in [-0.15, -0.1) is 0 Å². The summed E-state index contributed by atoms with van der Waals surface area (Å²) in [5.74, 6) is 7.16. The van der Waals surface area contributed by atoms with E-state index in [0.717, 1.165) is 10.9 Å². The first-order valence-electron chi connectivity index (χ1n) is 8.52. The molecule has 0 unspecified atom stereocenters. The Morgan fingerprint density at radius 1 is 1.12 bits per heavy atom. The summed E-state index contributed by atoms with van der Waals surface area (Å²) in [7, 11) is 0. The normalized spacial score (nSPS) is 15.8. The summed E-state index contributed by atoms with van der Waals surface area (Å²) >= 11 is 0. The van der Waals surface area contributed by atoms with Crippen molar-refractivity contribution in [3.63, 3.8) is 0 Å². The Hall–Kier alpha value is -3.10. The lowest BCUT2D eigenvalue weighted by Gasteiger charge is -2.33. The highest BCUT2D eigenvalue weighted by Gasteiger charge is 2.33. The molecule has 130 valence electrons. The van der Waals surface area contributed by atoms with Crippen LogP contribution in [0.15, 0.2) is 55.0 Å². The highest BCUT2D eigenvalue weighted by Crippen LogP contribution is 2.31. The minimum Gasteiger partial charge on any atom is -0.506 e. The molecule has 2 aromatic heterocycles. The maximum absolute atomic E-state index is 9.58. The molecule has 1 aromatic carbocycles. The predicted octanol–water partition coefficient (Wildman–Crippen LogP) is 3.32. The van der Waals surface area contributed by atoms with E-state index >= 15 is 0 Å². The van der Waals surface area contributed by atoms with Crippen LogP contribution in [0.5, 0.6) is 11.5 Å². The van der Waals surface area contributed by atoms with E-state index in [4.69, 9.17) is 9.47 Å². The van der Waals surface area contributed by atoms with Gasteiger partial charge in [0.25, 0.3) is 0 Å². The molecule has 0 radical (unpaired) electrons. The van der Waals surface area contributed by atoms with Crippen LogP contribution in [0.2, 0.25) is 0 Å². The fourth-order valence-corrected chi connectivity index (χ4v) is 3.00. The molecule has 1 aliphatic rings. The summed E-state index contributed by atoms with van der Waals surface area (Å²) < 4.78 is 11.9. The molecule has 3 aromatic rings. The van der Waals surface area contributed by atoms with Gasteiger partial charge in [0.1, 0.15) is 17.0 Å². The minimum atomic E-state index is -0.657. The van der Waals surface area contributed by atoms with Gasteiger partial charge in [0, 0.05) is 36.2 Å². The maximum atomic E-state index is 9.58. The zero-order chi connectivity index (χ0) is 17.8. The molecule has 4 rings (SSSR count). The Bertz CT molecular complexity index is 980. The number of rotatable bonds is 2. The van der Waals surface area contributed by atoms with E-state index in [-0.39, 0.29) is 5.75 Å². The second kappa shape index (κ2) is 7.03. The van der Waals surface area contributed by atoms with Crippen molar-refractivity contribution in [3.8, 4) is 23.3 Å². The van der Waals surface area contributed by atoms with Crippen LogP contribution in [-0.2, 0) is 4.74 Å². The van der Waals surface area contributed by atoms with Gasteiger partial charge in [-0.3, -0.25) is 9.97 Å². The zero-order valence-corrected chi connectivity index (χ0v) is 14.2. The molecular formula is C21H18N2O3. The van der Waals surface area contributed by atoms with Crippen LogP contribution in [0.25, 0.3) is 10.9 Å². The first kappa shape index (κ1) is 16.4. The fourth-order valence-electron chi connectivity index (χ4n) is 3.00. The summed E-state index contributed by atoms with van der Waals surface area (Å²) in [4.78, 5) is 8.43. The molecule has 26 heavy (non-hydrogen) atoms. The lowest BCUT2D eigenvalue weighted by Crippen LogP contribution is -2.40. The van der Waals surface area contributed by atoms with Crippen LogP contribution in [0.1, 0.15) is 18.4 Å². The first-order chi connectivity index (χ1) is 12.7. The summed E-state index contributed by atoms with van der Waals surface area (Å²) in [6.07, 6.45) is 6.09. The van der Waals surface area contributed by atoms with E-state index < -0.39 is 5.60 Å². The van der Waals surface area contributed by atoms with Gasteiger partial charge >= 0.3 is 0 Å². The summed E-state index contributed by atoms with van der Waals surface area (Å²) in [6.45, 7) is 1.18. The molecule has 0 bridgehead atoms. The van der Waals surface area contributed by atoms with Crippen molar-refractivity contribution in [3.05, 3.63) is 60.6 Å². The van der Waals surface area contributed by atoms with E-state index in [9.17, 15) is 5.11 Å². The maximum Gasteiger partial charge on any atom is 0.174 e. The predicted molar refractivity (Wildman–Crippen MR) is 97.9 cm³/mol. The number of aromatic nitrogens is 2. The summed E-state index contributed by atoms with van der Waals surface area (Å²) in [5, 5.41) is 10.6. The average molecular weight is 346 g/mol. The van der Waals surface area contributed by atoms with Crippen LogP contribution < -0.4 is 4.74 Å². The second-order valence-electron chi connectivity index (χ2n) is 6.22. The van der Waals surface area contributed by atoms with E-state index in [1.54, 1.807) is 18.5 Å². The Labute approximate surface area is 151 Å². The number of ether oxygens (including phenoxy) is 2. The Morgan fingerprint density at radius 2 is 1.96 bits per heavy atom. The van der Waals surface area contributed by atoms with Gasteiger partial charge in [-0.05, 0) is 24.1 Å². The van der Waals surface area contributed by atoms with Crippen LogP contribution >= 0.6 is 0 Å². The number of fused-ring (bicyclic) bond motifs is 1. The summed E-state index contributed by atoms with van der Waals surface area (Å²) in [5.41, 5.74) is 0.812. The number of aromatic hydroxyl groups is 1. The number of hydrogen-bond donors (Lipinski definition) is 1. The monoisotopic (exact) mass is 346 g/mol. The van der Waals surface area contributed by atoms with Crippen molar-refractivity contribution >= 4 is 10.9 Å². The van der Waals surface area contributed by atoms with E-state index in [2.05, 4.69) is 21.8 Å². The highest BCUT2D eigenvalue weighted by atomic mass is 16.5. The molecule has 3 heterocycles. The molecule has 5 heteroatoms. The van der Waals surface area contributed by atoms with Gasteiger partial charge in [0.15, 0.2) is 5.60 Å². The van der Waals surface area contributed by atoms with Gasteiger partial charge in [-0.2, -0.15) is 0 Å². The SMILES string of the molecule is Oc1cncc(C#CC2(Oc3cccc4cccnc34)CCOCC2)c1. The number of nitrogens with zero attached hydrogens (tertiary/aromatic N) is 2. The Balaban J connectivity index is 1.71. The smallest absolute Gasteiger partial charge is 0.174 e. The lowest BCUT2D eigenvalue weighted by atomic mass is 9.94. The van der Waals surface area contributed by atoms with E-state index in [1.807, 2.05) is 30.3 Å². The van der Waals surface area contributed by atoms with Crippen molar-refractivity contribution in [1.29, 1.82) is 0 Å². The Kier molecular flexibility index (Phi) is 4.42. The third-order valence-electron chi connectivity index (χ3n) is 4.36. The number of pyridine rings is 2. The van der Waals surface area contributed by atoms with Crippen molar-refractivity contribution in [1.82, 2.24) is 9.97 Å². The third-order valence-corrected chi connectivity index (χ3v) is 4.36. The molecule has 1 fully saturated rings. The quantitative estimate of drug-likeness (QED) is 0.721. The molecule has 1 aliphatic heterocycles. The molecule has 0 spiro atoms. The van der Waals surface area contributed by atoms with Gasteiger partial charge in [-0.1, -0.05) is 24.1 Å². The molecule has 0 aliphatic carbocycles. The van der Waals surface area contributed by atoms with E-state index in [1.165, 1.54) is 6.20 Å². The molecule has 0 saturated carbocycles. The van der Waals surface area contributed by atoms with Gasteiger partial charge in [0.2, 0.25) is 0 Å². The largest absolute Gasteiger partial charge is 0.506 e. The van der Waals surface area contributed by atoms with Crippen molar-refractivity contribution in [2.45, 2.75) is 18.4 Å².